The van der Waals surface area contributed by atoms with Gasteiger partial charge in [0.05, 0.1) is 11.5 Å². The molecule has 0 saturated heterocycles. The van der Waals surface area contributed by atoms with Gasteiger partial charge in [-0.25, -0.2) is 13.1 Å². The minimum absolute atomic E-state index is 0.278. The molecule has 0 unspecified atom stereocenters. The lowest BCUT2D eigenvalue weighted by Gasteiger charge is -2.08. The summed E-state index contributed by atoms with van der Waals surface area (Å²) < 4.78 is 32.3. The van der Waals surface area contributed by atoms with Gasteiger partial charge in [-0.1, -0.05) is 12.8 Å². The van der Waals surface area contributed by atoms with Gasteiger partial charge in [-0.3, -0.25) is 0 Å². The van der Waals surface area contributed by atoms with Crippen molar-refractivity contribution < 1.29 is 13.2 Å². The van der Waals surface area contributed by atoms with E-state index < -0.39 is 10.0 Å². The normalized spacial score (nSPS) is 15.1. The van der Waals surface area contributed by atoms with Gasteiger partial charge in [0.15, 0.2) is 0 Å². The van der Waals surface area contributed by atoms with Crippen molar-refractivity contribution in [2.45, 2.75) is 37.0 Å². The van der Waals surface area contributed by atoms with Gasteiger partial charge < -0.3 is 10.5 Å². The van der Waals surface area contributed by atoms with Crippen molar-refractivity contribution in [3.05, 3.63) is 24.3 Å². The van der Waals surface area contributed by atoms with E-state index in [1.165, 1.54) is 12.8 Å². The first-order valence-electron chi connectivity index (χ1n) is 7.54. The van der Waals surface area contributed by atoms with Crippen LogP contribution >= 0.6 is 0 Å². The van der Waals surface area contributed by atoms with E-state index in [1.54, 1.807) is 24.3 Å². The van der Waals surface area contributed by atoms with Crippen LogP contribution in [0.5, 0.6) is 5.75 Å². The van der Waals surface area contributed by atoms with Gasteiger partial charge >= 0.3 is 0 Å². The van der Waals surface area contributed by atoms with Gasteiger partial charge in [0.25, 0.3) is 0 Å². The largest absolute Gasteiger partial charge is 0.494 e. The fraction of sp³-hybridized carbons (Fsp3) is 0.600. The Morgan fingerprint density at radius 1 is 1.19 bits per heavy atom. The molecule has 0 bridgehead atoms. The molecule has 3 N–H and O–H groups in total. The molecule has 0 radical (unpaired) electrons. The highest BCUT2D eigenvalue weighted by atomic mass is 32.2. The summed E-state index contributed by atoms with van der Waals surface area (Å²) in [6.45, 7) is 1.63. The summed E-state index contributed by atoms with van der Waals surface area (Å²) in [5.41, 5.74) is 5.39. The van der Waals surface area contributed by atoms with Crippen LogP contribution in [0.3, 0.4) is 0 Å². The van der Waals surface area contributed by atoms with Gasteiger partial charge in [0, 0.05) is 6.54 Å². The lowest BCUT2D eigenvalue weighted by Crippen LogP contribution is -2.24. The Labute approximate surface area is 126 Å². The van der Waals surface area contributed by atoms with Crippen LogP contribution in [0.25, 0.3) is 0 Å². The average molecular weight is 312 g/mol. The second kappa shape index (κ2) is 7.77. The number of ether oxygens (including phenoxy) is 1. The molecule has 1 aromatic carbocycles. The van der Waals surface area contributed by atoms with Crippen LogP contribution in [-0.4, -0.2) is 28.1 Å². The highest BCUT2D eigenvalue weighted by Crippen LogP contribution is 2.33. The monoisotopic (exact) mass is 312 g/mol. The number of benzene rings is 1. The highest BCUT2D eigenvalue weighted by molar-refractivity contribution is 7.89. The van der Waals surface area contributed by atoms with E-state index in [4.69, 9.17) is 10.5 Å². The first-order chi connectivity index (χ1) is 10.1. The third-order valence-corrected chi connectivity index (χ3v) is 5.01. The molecule has 0 aliphatic heterocycles. The summed E-state index contributed by atoms with van der Waals surface area (Å²) in [6, 6.07) is 6.49. The number of rotatable bonds is 10. The predicted molar refractivity (Wildman–Crippen MR) is 82.8 cm³/mol. The lowest BCUT2D eigenvalue weighted by atomic mass is 10.2. The van der Waals surface area contributed by atoms with Crippen molar-refractivity contribution in [2.75, 3.05) is 19.7 Å². The molecule has 1 aliphatic carbocycles. The third kappa shape index (κ3) is 5.65. The minimum Gasteiger partial charge on any atom is -0.494 e. The van der Waals surface area contributed by atoms with Crippen molar-refractivity contribution >= 4 is 10.0 Å². The zero-order valence-corrected chi connectivity index (χ0v) is 13.1. The molecule has 0 heterocycles. The van der Waals surface area contributed by atoms with Gasteiger partial charge in [0.1, 0.15) is 5.75 Å². The van der Waals surface area contributed by atoms with Crippen LogP contribution in [0.4, 0.5) is 0 Å². The fourth-order valence-corrected chi connectivity index (χ4v) is 3.15. The molecular formula is C15H24N2O3S. The van der Waals surface area contributed by atoms with Crippen LogP contribution in [0.1, 0.15) is 32.1 Å². The number of nitrogens with one attached hydrogen (secondary N) is 1. The van der Waals surface area contributed by atoms with Gasteiger partial charge in [-0.15, -0.1) is 0 Å². The lowest BCUT2D eigenvalue weighted by molar-refractivity contribution is 0.313. The zero-order chi connectivity index (χ0) is 15.1. The zero-order valence-electron chi connectivity index (χ0n) is 12.3. The number of hydrogen-bond donors (Lipinski definition) is 2. The minimum atomic E-state index is -3.41. The quantitative estimate of drug-likeness (QED) is 0.646. The summed E-state index contributed by atoms with van der Waals surface area (Å²) in [5, 5.41) is 0. The Morgan fingerprint density at radius 3 is 2.52 bits per heavy atom. The van der Waals surface area contributed by atoms with E-state index in [1.807, 2.05) is 0 Å². The molecule has 0 aromatic heterocycles. The third-order valence-electron chi connectivity index (χ3n) is 3.53. The SMILES string of the molecule is NCCCOc1ccc(S(=O)(=O)NCCCC2CC2)cc1. The van der Waals surface area contributed by atoms with Crippen molar-refractivity contribution in [2.24, 2.45) is 11.7 Å². The van der Waals surface area contributed by atoms with E-state index in [0.29, 0.717) is 25.4 Å². The van der Waals surface area contributed by atoms with Gasteiger partial charge in [0.2, 0.25) is 10.0 Å². The fourth-order valence-electron chi connectivity index (χ4n) is 2.08. The van der Waals surface area contributed by atoms with Crippen molar-refractivity contribution in [3.63, 3.8) is 0 Å². The Bertz CT molecular complexity index is 524. The van der Waals surface area contributed by atoms with Gasteiger partial charge in [-0.05, 0) is 56.0 Å². The number of sulfonamides is 1. The Morgan fingerprint density at radius 2 is 1.90 bits per heavy atom. The van der Waals surface area contributed by atoms with Crippen LogP contribution in [0.2, 0.25) is 0 Å². The van der Waals surface area contributed by atoms with E-state index in [-0.39, 0.29) is 4.90 Å². The number of nitrogens with two attached hydrogens (primary N) is 1. The Hall–Kier alpha value is -1.11. The average Bonchev–Trinajstić information content (AvgIpc) is 3.29. The molecule has 0 spiro atoms. The van der Waals surface area contributed by atoms with Crippen LogP contribution < -0.4 is 15.2 Å². The summed E-state index contributed by atoms with van der Waals surface area (Å²) in [7, 11) is -3.41. The van der Waals surface area contributed by atoms with E-state index in [2.05, 4.69) is 4.72 Å². The molecule has 1 saturated carbocycles. The van der Waals surface area contributed by atoms with Gasteiger partial charge in [-0.2, -0.15) is 0 Å². The number of hydrogen-bond acceptors (Lipinski definition) is 4. The Balaban J connectivity index is 1.80. The summed E-state index contributed by atoms with van der Waals surface area (Å²) in [4.78, 5) is 0.278. The van der Waals surface area contributed by atoms with Crippen LogP contribution in [0, 0.1) is 5.92 Å². The molecule has 0 amide bonds. The smallest absolute Gasteiger partial charge is 0.240 e. The predicted octanol–water partition coefficient (Wildman–Crippen LogP) is 1.88. The maximum atomic E-state index is 12.1. The summed E-state index contributed by atoms with van der Waals surface area (Å²) in [5.74, 6) is 1.50. The van der Waals surface area contributed by atoms with Crippen molar-refractivity contribution in [3.8, 4) is 5.75 Å². The maximum absolute atomic E-state index is 12.1. The molecular weight excluding hydrogens is 288 g/mol. The van der Waals surface area contributed by atoms with E-state index >= 15 is 0 Å². The molecule has 6 heteroatoms. The maximum Gasteiger partial charge on any atom is 0.240 e. The van der Waals surface area contributed by atoms with Crippen LogP contribution in [0.15, 0.2) is 29.2 Å². The molecule has 1 aliphatic rings. The second-order valence-electron chi connectivity index (χ2n) is 5.45. The molecule has 21 heavy (non-hydrogen) atoms. The Kier molecular flexibility index (Phi) is 6.02. The topological polar surface area (TPSA) is 81.4 Å². The molecule has 1 fully saturated rings. The first kappa shape index (κ1) is 16.3. The van der Waals surface area contributed by atoms with E-state index in [0.717, 1.165) is 25.2 Å². The van der Waals surface area contributed by atoms with Crippen molar-refractivity contribution in [1.29, 1.82) is 0 Å². The van der Waals surface area contributed by atoms with Crippen LogP contribution in [-0.2, 0) is 10.0 Å². The molecule has 1 aromatic rings. The highest BCUT2D eigenvalue weighted by Gasteiger charge is 2.20. The summed E-state index contributed by atoms with van der Waals surface area (Å²) in [6.07, 6.45) is 5.42. The standard InChI is InChI=1S/C15H24N2O3S/c16-10-2-12-20-14-6-8-15(9-7-14)21(18,19)17-11-1-3-13-4-5-13/h6-9,13,17H,1-5,10-12,16H2. The second-order valence-corrected chi connectivity index (χ2v) is 7.21. The molecule has 2 rings (SSSR count). The van der Waals surface area contributed by atoms with E-state index in [9.17, 15) is 8.42 Å². The molecule has 118 valence electrons. The van der Waals surface area contributed by atoms with Crippen molar-refractivity contribution in [1.82, 2.24) is 4.72 Å². The molecule has 0 atom stereocenters. The molecule has 5 nitrogen and oxygen atoms in total. The first-order valence-corrected chi connectivity index (χ1v) is 9.03. The summed E-state index contributed by atoms with van der Waals surface area (Å²) >= 11 is 0.